The zero-order chi connectivity index (χ0) is 17.1. The average molecular weight is 334 g/mol. The first-order chi connectivity index (χ1) is 9.88. The van der Waals surface area contributed by atoms with Crippen molar-refractivity contribution in [2.75, 3.05) is 18.8 Å². The fourth-order valence-electron chi connectivity index (χ4n) is 2.54. The maximum atomic E-state index is 11.9. The highest BCUT2D eigenvalue weighted by Crippen LogP contribution is 2.23. The van der Waals surface area contributed by atoms with Gasteiger partial charge in [-0.05, 0) is 46.0 Å². The first kappa shape index (κ1) is 19.2. The first-order valence-electron chi connectivity index (χ1n) is 7.86. The molecule has 0 aliphatic carbocycles. The summed E-state index contributed by atoms with van der Waals surface area (Å²) < 4.78 is 31.7. The summed E-state index contributed by atoms with van der Waals surface area (Å²) in [6, 6.07) is -0.116. The maximum Gasteiger partial charge on any atom is 0.410 e. The van der Waals surface area contributed by atoms with Crippen LogP contribution in [0, 0.1) is 11.8 Å². The highest BCUT2D eigenvalue weighted by atomic mass is 32.2. The molecule has 1 heterocycles. The molecule has 0 spiro atoms. The zero-order valence-electron chi connectivity index (χ0n) is 14.5. The van der Waals surface area contributed by atoms with E-state index in [1.807, 2.05) is 41.5 Å². The predicted octanol–water partition coefficient (Wildman–Crippen LogP) is 2.21. The third-order valence-corrected chi connectivity index (χ3v) is 5.10. The molecule has 1 saturated heterocycles. The standard InChI is InChI=1S/C15H30N2O4S/c1-11(2)10-22(19,20)16-12(3)7-13-8-17(9-13)14(18)21-15(4,5)6/h11-13,16H,7-10H2,1-6H3. The van der Waals surface area contributed by atoms with Gasteiger partial charge in [-0.3, -0.25) is 0 Å². The van der Waals surface area contributed by atoms with Crippen LogP contribution in [-0.4, -0.2) is 49.9 Å². The molecule has 1 rings (SSSR count). The molecule has 7 heteroatoms. The van der Waals surface area contributed by atoms with Gasteiger partial charge in [0.05, 0.1) is 5.75 Å². The molecule has 1 atom stereocenters. The summed E-state index contributed by atoms with van der Waals surface area (Å²) in [5.74, 6) is 0.576. The minimum atomic E-state index is -3.22. The normalized spacial score (nSPS) is 18.2. The fourth-order valence-corrected chi connectivity index (χ4v) is 4.22. The number of carbonyl (C=O) groups is 1. The van der Waals surface area contributed by atoms with Gasteiger partial charge in [0.25, 0.3) is 0 Å². The minimum Gasteiger partial charge on any atom is -0.444 e. The molecular formula is C15H30N2O4S. The Kier molecular flexibility index (Phi) is 6.27. The van der Waals surface area contributed by atoms with Gasteiger partial charge >= 0.3 is 6.09 Å². The van der Waals surface area contributed by atoms with E-state index in [-0.39, 0.29) is 23.8 Å². The molecule has 22 heavy (non-hydrogen) atoms. The Labute approximate surface area is 134 Å². The van der Waals surface area contributed by atoms with Crippen LogP contribution in [0.15, 0.2) is 0 Å². The van der Waals surface area contributed by atoms with Crippen LogP contribution in [0.5, 0.6) is 0 Å². The molecule has 1 unspecified atom stereocenters. The molecular weight excluding hydrogens is 304 g/mol. The molecule has 0 bridgehead atoms. The minimum absolute atomic E-state index is 0.107. The highest BCUT2D eigenvalue weighted by Gasteiger charge is 2.34. The Morgan fingerprint density at radius 1 is 1.27 bits per heavy atom. The van der Waals surface area contributed by atoms with Crippen LogP contribution in [0.1, 0.15) is 48.0 Å². The quantitative estimate of drug-likeness (QED) is 0.808. The number of rotatable bonds is 6. The summed E-state index contributed by atoms with van der Waals surface area (Å²) >= 11 is 0. The molecule has 130 valence electrons. The van der Waals surface area contributed by atoms with Crippen LogP contribution in [0.4, 0.5) is 4.79 Å². The van der Waals surface area contributed by atoms with Crippen molar-refractivity contribution in [2.24, 2.45) is 11.8 Å². The first-order valence-corrected chi connectivity index (χ1v) is 9.51. The number of likely N-dealkylation sites (tertiary alicyclic amines) is 1. The van der Waals surface area contributed by atoms with E-state index in [4.69, 9.17) is 4.74 Å². The molecule has 0 aromatic carbocycles. The second-order valence-electron chi connectivity index (χ2n) is 7.68. The summed E-state index contributed by atoms with van der Waals surface area (Å²) in [4.78, 5) is 13.5. The number of hydrogen-bond donors (Lipinski definition) is 1. The van der Waals surface area contributed by atoms with Crippen LogP contribution in [0.3, 0.4) is 0 Å². The largest absolute Gasteiger partial charge is 0.444 e. The smallest absolute Gasteiger partial charge is 0.410 e. The van der Waals surface area contributed by atoms with Crippen molar-refractivity contribution in [3.8, 4) is 0 Å². The van der Waals surface area contributed by atoms with Crippen LogP contribution in [-0.2, 0) is 14.8 Å². The molecule has 0 saturated carbocycles. The summed E-state index contributed by atoms with van der Waals surface area (Å²) in [6.07, 6.45) is 0.438. The van der Waals surface area contributed by atoms with Gasteiger partial charge in [-0.2, -0.15) is 0 Å². The monoisotopic (exact) mass is 334 g/mol. The van der Waals surface area contributed by atoms with Crippen molar-refractivity contribution in [3.63, 3.8) is 0 Å². The Morgan fingerprint density at radius 3 is 2.27 bits per heavy atom. The lowest BCUT2D eigenvalue weighted by Crippen LogP contribution is -2.53. The van der Waals surface area contributed by atoms with Crippen LogP contribution in [0.2, 0.25) is 0 Å². The molecule has 1 N–H and O–H groups in total. The Bertz CT molecular complexity index is 476. The Morgan fingerprint density at radius 2 is 1.82 bits per heavy atom. The molecule has 1 aliphatic heterocycles. The van der Waals surface area contributed by atoms with Gasteiger partial charge in [0.15, 0.2) is 0 Å². The Balaban J connectivity index is 2.32. The van der Waals surface area contributed by atoms with E-state index in [0.29, 0.717) is 19.0 Å². The van der Waals surface area contributed by atoms with Crippen LogP contribution < -0.4 is 4.72 Å². The lowest BCUT2D eigenvalue weighted by molar-refractivity contribution is -0.00302. The van der Waals surface area contributed by atoms with Gasteiger partial charge in [0.2, 0.25) is 10.0 Å². The van der Waals surface area contributed by atoms with Gasteiger partial charge in [0, 0.05) is 19.1 Å². The molecule has 0 aromatic heterocycles. The maximum absolute atomic E-state index is 11.9. The lowest BCUT2D eigenvalue weighted by atomic mass is 9.94. The van der Waals surface area contributed by atoms with Crippen molar-refractivity contribution in [1.82, 2.24) is 9.62 Å². The van der Waals surface area contributed by atoms with E-state index in [2.05, 4.69) is 4.72 Å². The predicted molar refractivity (Wildman–Crippen MR) is 87.1 cm³/mol. The summed E-state index contributed by atoms with van der Waals surface area (Å²) in [7, 11) is -3.22. The fraction of sp³-hybridized carbons (Fsp3) is 0.933. The van der Waals surface area contributed by atoms with Gasteiger partial charge in [-0.15, -0.1) is 0 Å². The number of sulfonamides is 1. The van der Waals surface area contributed by atoms with Crippen LogP contribution in [0.25, 0.3) is 0 Å². The van der Waals surface area contributed by atoms with E-state index in [1.54, 1.807) is 4.90 Å². The molecule has 1 fully saturated rings. The third-order valence-electron chi connectivity index (χ3n) is 3.23. The second-order valence-corrected chi connectivity index (χ2v) is 9.48. The lowest BCUT2D eigenvalue weighted by Gasteiger charge is -2.40. The van der Waals surface area contributed by atoms with E-state index in [9.17, 15) is 13.2 Å². The Hall–Kier alpha value is -0.820. The van der Waals surface area contributed by atoms with Gasteiger partial charge in [0.1, 0.15) is 5.60 Å². The van der Waals surface area contributed by atoms with Crippen molar-refractivity contribution in [1.29, 1.82) is 0 Å². The van der Waals surface area contributed by atoms with Crippen LogP contribution >= 0.6 is 0 Å². The number of hydrogen-bond acceptors (Lipinski definition) is 4. The highest BCUT2D eigenvalue weighted by molar-refractivity contribution is 7.89. The summed E-state index contributed by atoms with van der Waals surface area (Å²) in [5, 5.41) is 0. The number of amides is 1. The van der Waals surface area contributed by atoms with Crippen molar-refractivity contribution in [3.05, 3.63) is 0 Å². The third kappa shape index (κ3) is 6.96. The van der Waals surface area contributed by atoms with E-state index in [0.717, 1.165) is 6.42 Å². The number of ether oxygens (including phenoxy) is 1. The topological polar surface area (TPSA) is 75.7 Å². The summed E-state index contributed by atoms with van der Waals surface area (Å²) in [6.45, 7) is 12.4. The SMILES string of the molecule is CC(C)CS(=O)(=O)NC(C)CC1CN(C(=O)OC(C)(C)C)C1. The van der Waals surface area contributed by atoms with Gasteiger partial charge in [-0.25, -0.2) is 17.9 Å². The van der Waals surface area contributed by atoms with E-state index >= 15 is 0 Å². The van der Waals surface area contributed by atoms with Crippen molar-refractivity contribution < 1.29 is 17.9 Å². The molecule has 1 amide bonds. The molecule has 0 radical (unpaired) electrons. The summed E-state index contributed by atoms with van der Waals surface area (Å²) in [5.41, 5.74) is -0.484. The van der Waals surface area contributed by atoms with Crippen molar-refractivity contribution in [2.45, 2.75) is 59.6 Å². The van der Waals surface area contributed by atoms with Gasteiger partial charge < -0.3 is 9.64 Å². The molecule has 0 aromatic rings. The van der Waals surface area contributed by atoms with Crippen molar-refractivity contribution >= 4 is 16.1 Å². The number of nitrogens with one attached hydrogen (secondary N) is 1. The van der Waals surface area contributed by atoms with Gasteiger partial charge in [-0.1, -0.05) is 13.8 Å². The second kappa shape index (κ2) is 7.17. The average Bonchev–Trinajstić information content (AvgIpc) is 2.16. The number of nitrogens with zero attached hydrogens (tertiary/aromatic N) is 1. The number of carbonyl (C=O) groups excluding carboxylic acids is 1. The zero-order valence-corrected chi connectivity index (χ0v) is 15.4. The molecule has 1 aliphatic rings. The van der Waals surface area contributed by atoms with E-state index in [1.165, 1.54) is 0 Å². The molecule has 6 nitrogen and oxygen atoms in total. The van der Waals surface area contributed by atoms with E-state index < -0.39 is 15.6 Å².